The van der Waals surface area contributed by atoms with Crippen LogP contribution in [-0.2, 0) is 0 Å². The Bertz CT molecular complexity index is 621. The summed E-state index contributed by atoms with van der Waals surface area (Å²) in [6.45, 7) is 3.50. The Kier molecular flexibility index (Phi) is 3.44. The number of hydrogen-bond donors (Lipinski definition) is 1. The van der Waals surface area contributed by atoms with Crippen LogP contribution < -0.4 is 5.73 Å². The standard InChI is InChI=1S/C15H20N4O/c1-11-3-2-7-19(13(11)9-16)15(20)12-4-5-14-17-6-8-18(14)10-12/h4-6,8,10-11,13H,2-3,7,9,16H2,1H3/t11-,13-/m0/s1. The number of imidazole rings is 1. The molecular formula is C15H20N4O. The average Bonchev–Trinajstić information content (AvgIpc) is 2.93. The normalized spacial score (nSPS) is 23.2. The number of amides is 1. The Morgan fingerprint density at radius 1 is 1.50 bits per heavy atom. The predicted octanol–water partition coefficient (Wildman–Crippen LogP) is 1.53. The molecular weight excluding hydrogens is 252 g/mol. The second kappa shape index (κ2) is 5.25. The fourth-order valence-corrected chi connectivity index (χ4v) is 3.07. The lowest BCUT2D eigenvalue weighted by atomic mass is 9.90. The predicted molar refractivity (Wildman–Crippen MR) is 77.5 cm³/mol. The van der Waals surface area contributed by atoms with Gasteiger partial charge in [0.15, 0.2) is 0 Å². The molecule has 1 aliphatic heterocycles. The van der Waals surface area contributed by atoms with Crippen molar-refractivity contribution >= 4 is 11.6 Å². The lowest BCUT2D eigenvalue weighted by Crippen LogP contribution is -2.51. The van der Waals surface area contributed by atoms with E-state index in [-0.39, 0.29) is 11.9 Å². The van der Waals surface area contributed by atoms with Crippen LogP contribution in [-0.4, -0.2) is 39.3 Å². The summed E-state index contributed by atoms with van der Waals surface area (Å²) < 4.78 is 1.87. The van der Waals surface area contributed by atoms with E-state index in [9.17, 15) is 4.79 Å². The van der Waals surface area contributed by atoms with Gasteiger partial charge in [-0.1, -0.05) is 6.92 Å². The lowest BCUT2D eigenvalue weighted by molar-refractivity contribution is 0.0532. The van der Waals surface area contributed by atoms with E-state index in [0.29, 0.717) is 18.0 Å². The maximum atomic E-state index is 12.7. The Labute approximate surface area is 118 Å². The SMILES string of the molecule is C[C@H]1CCCN(C(=O)c2ccc3nccn3c2)[C@H]1CN. The third-order valence-corrected chi connectivity index (χ3v) is 4.25. The summed E-state index contributed by atoms with van der Waals surface area (Å²) in [5.41, 5.74) is 7.41. The van der Waals surface area contributed by atoms with Gasteiger partial charge >= 0.3 is 0 Å². The maximum absolute atomic E-state index is 12.7. The number of piperidine rings is 1. The molecule has 1 fully saturated rings. The van der Waals surface area contributed by atoms with Crippen LogP contribution in [0.5, 0.6) is 0 Å². The van der Waals surface area contributed by atoms with Crippen molar-refractivity contribution in [3.63, 3.8) is 0 Å². The molecule has 20 heavy (non-hydrogen) atoms. The molecule has 0 aliphatic carbocycles. The molecule has 1 saturated heterocycles. The molecule has 3 heterocycles. The molecule has 0 saturated carbocycles. The Hall–Kier alpha value is -1.88. The third-order valence-electron chi connectivity index (χ3n) is 4.25. The molecule has 2 aromatic heterocycles. The molecule has 0 unspecified atom stereocenters. The summed E-state index contributed by atoms with van der Waals surface area (Å²) >= 11 is 0. The smallest absolute Gasteiger partial charge is 0.255 e. The molecule has 3 rings (SSSR count). The number of nitrogens with zero attached hydrogens (tertiary/aromatic N) is 3. The van der Waals surface area contributed by atoms with Crippen molar-refractivity contribution in [2.75, 3.05) is 13.1 Å². The zero-order valence-corrected chi connectivity index (χ0v) is 11.7. The van der Waals surface area contributed by atoms with Gasteiger partial charge in [0, 0.05) is 37.7 Å². The van der Waals surface area contributed by atoms with Crippen molar-refractivity contribution in [1.29, 1.82) is 0 Å². The number of carbonyl (C=O) groups is 1. The number of carbonyl (C=O) groups excluding carboxylic acids is 1. The number of aromatic nitrogens is 2. The van der Waals surface area contributed by atoms with Crippen LogP contribution >= 0.6 is 0 Å². The minimum Gasteiger partial charge on any atom is -0.334 e. The molecule has 0 bridgehead atoms. The van der Waals surface area contributed by atoms with E-state index >= 15 is 0 Å². The fourth-order valence-electron chi connectivity index (χ4n) is 3.07. The van der Waals surface area contributed by atoms with Gasteiger partial charge in [0.2, 0.25) is 0 Å². The van der Waals surface area contributed by atoms with E-state index in [4.69, 9.17) is 5.73 Å². The van der Waals surface area contributed by atoms with Crippen molar-refractivity contribution in [3.8, 4) is 0 Å². The van der Waals surface area contributed by atoms with Crippen molar-refractivity contribution in [1.82, 2.24) is 14.3 Å². The second-order valence-electron chi connectivity index (χ2n) is 5.53. The van der Waals surface area contributed by atoms with Crippen molar-refractivity contribution in [2.24, 2.45) is 11.7 Å². The molecule has 5 nitrogen and oxygen atoms in total. The minimum atomic E-state index is 0.0719. The lowest BCUT2D eigenvalue weighted by Gasteiger charge is -2.39. The van der Waals surface area contributed by atoms with Gasteiger partial charge in [-0.05, 0) is 30.9 Å². The number of fused-ring (bicyclic) bond motifs is 1. The summed E-state index contributed by atoms with van der Waals surface area (Å²) in [7, 11) is 0. The first-order valence-corrected chi connectivity index (χ1v) is 7.14. The largest absolute Gasteiger partial charge is 0.334 e. The fraction of sp³-hybridized carbons (Fsp3) is 0.467. The molecule has 2 atom stereocenters. The summed E-state index contributed by atoms with van der Waals surface area (Å²) in [4.78, 5) is 18.8. The molecule has 0 spiro atoms. The van der Waals surface area contributed by atoms with E-state index in [1.807, 2.05) is 33.8 Å². The molecule has 0 aromatic carbocycles. The van der Waals surface area contributed by atoms with Crippen LogP contribution in [0.1, 0.15) is 30.1 Å². The first-order valence-electron chi connectivity index (χ1n) is 7.14. The number of hydrogen-bond acceptors (Lipinski definition) is 3. The first-order chi connectivity index (χ1) is 9.70. The van der Waals surface area contributed by atoms with Crippen LogP contribution in [0.3, 0.4) is 0 Å². The van der Waals surface area contributed by atoms with Gasteiger partial charge < -0.3 is 15.0 Å². The van der Waals surface area contributed by atoms with Gasteiger partial charge in [-0.2, -0.15) is 0 Å². The molecule has 2 aromatic rings. The van der Waals surface area contributed by atoms with E-state index in [2.05, 4.69) is 11.9 Å². The highest BCUT2D eigenvalue weighted by Gasteiger charge is 2.31. The van der Waals surface area contributed by atoms with Crippen LogP contribution in [0.25, 0.3) is 5.65 Å². The monoisotopic (exact) mass is 272 g/mol. The van der Waals surface area contributed by atoms with Crippen LogP contribution in [0.2, 0.25) is 0 Å². The number of pyridine rings is 1. The second-order valence-corrected chi connectivity index (χ2v) is 5.53. The van der Waals surface area contributed by atoms with Gasteiger partial charge in [0.1, 0.15) is 5.65 Å². The van der Waals surface area contributed by atoms with Crippen LogP contribution in [0.4, 0.5) is 0 Å². The van der Waals surface area contributed by atoms with Crippen LogP contribution in [0, 0.1) is 5.92 Å². The zero-order valence-electron chi connectivity index (χ0n) is 11.7. The minimum absolute atomic E-state index is 0.0719. The van der Waals surface area contributed by atoms with E-state index in [1.54, 1.807) is 6.20 Å². The highest BCUT2D eigenvalue weighted by molar-refractivity contribution is 5.94. The Morgan fingerprint density at radius 2 is 2.35 bits per heavy atom. The van der Waals surface area contributed by atoms with E-state index in [1.165, 1.54) is 0 Å². The summed E-state index contributed by atoms with van der Waals surface area (Å²) in [6, 6.07) is 3.87. The molecule has 2 N–H and O–H groups in total. The summed E-state index contributed by atoms with van der Waals surface area (Å²) in [6.07, 6.45) is 7.63. The van der Waals surface area contributed by atoms with Gasteiger partial charge in [-0.15, -0.1) is 0 Å². The number of nitrogens with two attached hydrogens (primary N) is 1. The third kappa shape index (κ3) is 2.18. The van der Waals surface area contributed by atoms with Crippen molar-refractivity contribution in [2.45, 2.75) is 25.8 Å². The van der Waals surface area contributed by atoms with Crippen LogP contribution in [0.15, 0.2) is 30.7 Å². The topological polar surface area (TPSA) is 63.6 Å². The average molecular weight is 272 g/mol. The maximum Gasteiger partial charge on any atom is 0.255 e. The summed E-state index contributed by atoms with van der Waals surface area (Å²) in [5, 5.41) is 0. The number of likely N-dealkylation sites (tertiary alicyclic amines) is 1. The van der Waals surface area contributed by atoms with Gasteiger partial charge in [0.25, 0.3) is 5.91 Å². The Morgan fingerprint density at radius 3 is 3.15 bits per heavy atom. The van der Waals surface area contributed by atoms with E-state index in [0.717, 1.165) is 25.0 Å². The Balaban J connectivity index is 1.90. The number of rotatable bonds is 2. The highest BCUT2D eigenvalue weighted by Crippen LogP contribution is 2.24. The first kappa shape index (κ1) is 13.1. The van der Waals surface area contributed by atoms with Crippen molar-refractivity contribution in [3.05, 3.63) is 36.3 Å². The van der Waals surface area contributed by atoms with E-state index < -0.39 is 0 Å². The molecule has 5 heteroatoms. The highest BCUT2D eigenvalue weighted by atomic mass is 16.2. The summed E-state index contributed by atoms with van der Waals surface area (Å²) in [5.74, 6) is 0.539. The zero-order chi connectivity index (χ0) is 14.1. The molecule has 1 amide bonds. The van der Waals surface area contributed by atoms with Gasteiger partial charge in [-0.3, -0.25) is 4.79 Å². The van der Waals surface area contributed by atoms with Gasteiger partial charge in [-0.25, -0.2) is 4.98 Å². The quantitative estimate of drug-likeness (QED) is 0.902. The molecule has 0 radical (unpaired) electrons. The molecule has 106 valence electrons. The van der Waals surface area contributed by atoms with Crippen molar-refractivity contribution < 1.29 is 4.79 Å². The van der Waals surface area contributed by atoms with Gasteiger partial charge in [0.05, 0.1) is 5.56 Å². The molecule has 1 aliphatic rings.